The predicted octanol–water partition coefficient (Wildman–Crippen LogP) is 1.02. The fourth-order valence-corrected chi connectivity index (χ4v) is 3.32. The first-order valence-electron chi connectivity index (χ1n) is 9.47. The molecular formula is C19H28N4O3. The number of likely N-dealkylation sites (tertiary alicyclic amines) is 1. The van der Waals surface area contributed by atoms with Crippen LogP contribution in [0.1, 0.15) is 40.6 Å². The van der Waals surface area contributed by atoms with Gasteiger partial charge in [0.25, 0.3) is 11.8 Å². The van der Waals surface area contributed by atoms with Crippen LogP contribution in [0.25, 0.3) is 0 Å². The van der Waals surface area contributed by atoms with E-state index < -0.39 is 0 Å². The van der Waals surface area contributed by atoms with E-state index in [1.165, 1.54) is 6.20 Å². The molecule has 1 aromatic rings. The topological polar surface area (TPSA) is 74.8 Å². The molecule has 0 unspecified atom stereocenters. The maximum Gasteiger partial charge on any atom is 0.272 e. The van der Waals surface area contributed by atoms with Crippen molar-refractivity contribution in [3.8, 4) is 0 Å². The Kier molecular flexibility index (Phi) is 6.57. The molecule has 2 aliphatic heterocycles. The lowest BCUT2D eigenvalue weighted by Gasteiger charge is -2.30. The maximum absolute atomic E-state index is 12.6. The second-order valence-electron chi connectivity index (χ2n) is 7.11. The van der Waals surface area contributed by atoms with Crippen LogP contribution in [0, 0.1) is 5.92 Å². The summed E-state index contributed by atoms with van der Waals surface area (Å²) in [6.45, 7) is 8.41. The Balaban J connectivity index is 1.52. The van der Waals surface area contributed by atoms with Crippen LogP contribution in [0.5, 0.6) is 0 Å². The van der Waals surface area contributed by atoms with E-state index in [9.17, 15) is 9.59 Å². The molecular weight excluding hydrogens is 332 g/mol. The van der Waals surface area contributed by atoms with Gasteiger partial charge >= 0.3 is 0 Å². The van der Waals surface area contributed by atoms with Crippen molar-refractivity contribution < 1.29 is 14.3 Å². The Bertz CT molecular complexity index is 623. The fraction of sp³-hybridized carbons (Fsp3) is 0.632. The fourth-order valence-electron chi connectivity index (χ4n) is 3.32. The van der Waals surface area contributed by atoms with Crippen molar-refractivity contribution in [3.63, 3.8) is 0 Å². The summed E-state index contributed by atoms with van der Waals surface area (Å²) < 4.78 is 5.32. The first-order valence-corrected chi connectivity index (χ1v) is 9.47. The molecule has 0 aliphatic carbocycles. The third-order valence-corrected chi connectivity index (χ3v) is 5.13. The zero-order valence-corrected chi connectivity index (χ0v) is 15.4. The van der Waals surface area contributed by atoms with Gasteiger partial charge < -0.3 is 15.0 Å². The quantitative estimate of drug-likeness (QED) is 0.848. The molecule has 0 saturated carbocycles. The monoisotopic (exact) mass is 360 g/mol. The molecule has 2 saturated heterocycles. The van der Waals surface area contributed by atoms with Gasteiger partial charge in [-0.05, 0) is 30.9 Å². The van der Waals surface area contributed by atoms with E-state index in [0.29, 0.717) is 23.7 Å². The van der Waals surface area contributed by atoms with Gasteiger partial charge in [0.15, 0.2) is 0 Å². The highest BCUT2D eigenvalue weighted by atomic mass is 16.5. The van der Waals surface area contributed by atoms with Crippen molar-refractivity contribution in [1.29, 1.82) is 0 Å². The van der Waals surface area contributed by atoms with Gasteiger partial charge in [-0.25, -0.2) is 0 Å². The lowest BCUT2D eigenvalue weighted by Crippen LogP contribution is -2.41. The molecule has 0 radical (unpaired) electrons. The summed E-state index contributed by atoms with van der Waals surface area (Å²) in [5, 5.41) is 2.92. The van der Waals surface area contributed by atoms with Crippen molar-refractivity contribution in [1.82, 2.24) is 20.1 Å². The average molecular weight is 360 g/mol. The number of carbonyl (C=O) groups excluding carboxylic acids is 2. The molecule has 2 fully saturated rings. The van der Waals surface area contributed by atoms with Crippen LogP contribution >= 0.6 is 0 Å². The van der Waals surface area contributed by atoms with Gasteiger partial charge in [0.2, 0.25) is 0 Å². The Hall–Kier alpha value is -1.99. The molecule has 0 aromatic carbocycles. The van der Waals surface area contributed by atoms with E-state index in [4.69, 9.17) is 4.74 Å². The summed E-state index contributed by atoms with van der Waals surface area (Å²) in [6.07, 6.45) is 3.58. The van der Waals surface area contributed by atoms with Gasteiger partial charge in [0, 0.05) is 51.0 Å². The van der Waals surface area contributed by atoms with E-state index in [1.807, 2.05) is 4.90 Å². The van der Waals surface area contributed by atoms with Crippen molar-refractivity contribution in [2.45, 2.75) is 19.8 Å². The molecule has 1 aromatic heterocycles. The van der Waals surface area contributed by atoms with Gasteiger partial charge in [0.05, 0.1) is 13.2 Å². The number of carbonyl (C=O) groups is 2. The van der Waals surface area contributed by atoms with E-state index in [2.05, 4.69) is 22.1 Å². The Morgan fingerprint density at radius 3 is 2.69 bits per heavy atom. The first kappa shape index (κ1) is 18.8. The summed E-state index contributed by atoms with van der Waals surface area (Å²) in [7, 11) is 0. The Morgan fingerprint density at radius 1 is 1.23 bits per heavy atom. The minimum absolute atomic E-state index is 0.0835. The van der Waals surface area contributed by atoms with Crippen LogP contribution in [0.2, 0.25) is 0 Å². The SMILES string of the molecule is CC1CCN(C(=O)c2cc(C(=O)NCCN3CCOCC3)ccn2)CC1. The number of amides is 2. The molecule has 0 spiro atoms. The zero-order valence-electron chi connectivity index (χ0n) is 15.4. The second-order valence-corrected chi connectivity index (χ2v) is 7.11. The first-order chi connectivity index (χ1) is 12.6. The van der Waals surface area contributed by atoms with E-state index in [1.54, 1.807) is 12.1 Å². The zero-order chi connectivity index (χ0) is 18.4. The number of morpholine rings is 1. The summed E-state index contributed by atoms with van der Waals surface area (Å²) in [6, 6.07) is 3.25. The number of hydrogen-bond donors (Lipinski definition) is 1. The molecule has 3 rings (SSSR count). The summed E-state index contributed by atoms with van der Waals surface area (Å²) in [4.78, 5) is 33.3. The van der Waals surface area contributed by atoms with Crippen molar-refractivity contribution in [2.24, 2.45) is 5.92 Å². The van der Waals surface area contributed by atoms with Crippen LogP contribution in [0.15, 0.2) is 18.3 Å². The number of ether oxygens (including phenoxy) is 1. The molecule has 2 aliphatic rings. The standard InChI is InChI=1S/C19H28N4O3/c1-15-3-7-23(8-4-15)19(25)17-14-16(2-5-20-17)18(24)21-6-9-22-10-12-26-13-11-22/h2,5,14-15H,3-4,6-13H2,1H3,(H,21,24). The van der Waals surface area contributed by atoms with Crippen LogP contribution in [-0.2, 0) is 4.74 Å². The number of pyridine rings is 1. The average Bonchev–Trinajstić information content (AvgIpc) is 2.69. The molecule has 1 N–H and O–H groups in total. The van der Waals surface area contributed by atoms with Crippen LogP contribution in [-0.4, -0.2) is 79.1 Å². The van der Waals surface area contributed by atoms with Gasteiger partial charge in [-0.3, -0.25) is 19.5 Å². The third-order valence-electron chi connectivity index (χ3n) is 5.13. The molecule has 2 amide bonds. The van der Waals surface area contributed by atoms with Crippen molar-refractivity contribution in [3.05, 3.63) is 29.6 Å². The highest BCUT2D eigenvalue weighted by molar-refractivity contribution is 5.98. The normalized spacial score (nSPS) is 19.3. The number of nitrogens with one attached hydrogen (secondary N) is 1. The molecule has 26 heavy (non-hydrogen) atoms. The lowest BCUT2D eigenvalue weighted by molar-refractivity contribution is 0.0383. The minimum atomic E-state index is -0.165. The van der Waals surface area contributed by atoms with Gasteiger partial charge in [-0.1, -0.05) is 6.92 Å². The number of piperidine rings is 1. The van der Waals surface area contributed by atoms with E-state index >= 15 is 0 Å². The smallest absolute Gasteiger partial charge is 0.272 e. The van der Waals surface area contributed by atoms with Gasteiger partial charge in [-0.2, -0.15) is 0 Å². The highest BCUT2D eigenvalue weighted by Gasteiger charge is 2.23. The number of nitrogens with zero attached hydrogens (tertiary/aromatic N) is 3. The highest BCUT2D eigenvalue weighted by Crippen LogP contribution is 2.18. The maximum atomic E-state index is 12.6. The molecule has 7 heteroatoms. The molecule has 7 nitrogen and oxygen atoms in total. The Labute approximate surface area is 154 Å². The minimum Gasteiger partial charge on any atom is -0.379 e. The molecule has 142 valence electrons. The molecule has 0 atom stereocenters. The second kappa shape index (κ2) is 9.09. The summed E-state index contributed by atoms with van der Waals surface area (Å²) in [5.74, 6) is 0.414. The van der Waals surface area contributed by atoms with Crippen LogP contribution in [0.3, 0.4) is 0 Å². The van der Waals surface area contributed by atoms with Gasteiger partial charge in [-0.15, -0.1) is 0 Å². The Morgan fingerprint density at radius 2 is 1.96 bits per heavy atom. The number of rotatable bonds is 5. The van der Waals surface area contributed by atoms with Crippen LogP contribution in [0.4, 0.5) is 0 Å². The molecule has 3 heterocycles. The van der Waals surface area contributed by atoms with Gasteiger partial charge in [0.1, 0.15) is 5.69 Å². The van der Waals surface area contributed by atoms with Crippen molar-refractivity contribution >= 4 is 11.8 Å². The number of aromatic nitrogens is 1. The van der Waals surface area contributed by atoms with Crippen LogP contribution < -0.4 is 5.32 Å². The van der Waals surface area contributed by atoms with E-state index in [0.717, 1.165) is 58.8 Å². The number of hydrogen-bond acceptors (Lipinski definition) is 5. The summed E-state index contributed by atoms with van der Waals surface area (Å²) >= 11 is 0. The van der Waals surface area contributed by atoms with Crippen molar-refractivity contribution in [2.75, 3.05) is 52.5 Å². The largest absolute Gasteiger partial charge is 0.379 e. The summed E-state index contributed by atoms with van der Waals surface area (Å²) in [5.41, 5.74) is 0.830. The lowest BCUT2D eigenvalue weighted by atomic mass is 9.99. The predicted molar refractivity (Wildman–Crippen MR) is 98.1 cm³/mol. The third kappa shape index (κ3) is 5.02. The molecule has 0 bridgehead atoms. The van der Waals surface area contributed by atoms with E-state index in [-0.39, 0.29) is 11.8 Å².